The van der Waals surface area contributed by atoms with Crippen molar-refractivity contribution in [3.05, 3.63) is 5.56 Å². The second-order valence-electron chi connectivity index (χ2n) is 4.08. The Hall–Kier alpha value is -1.52. The van der Waals surface area contributed by atoms with E-state index in [2.05, 4.69) is 0 Å². The van der Waals surface area contributed by atoms with Gasteiger partial charge in [-0.25, -0.2) is 4.79 Å². The maximum Gasteiger partial charge on any atom is 0.336 e. The molecule has 10 radical (unpaired) electrons. The molecule has 0 spiro atoms. The van der Waals surface area contributed by atoms with Gasteiger partial charge in [0.15, 0.2) is 0 Å². The number of carboxylic acids is 1. The van der Waals surface area contributed by atoms with Gasteiger partial charge < -0.3 is 9.84 Å². The summed E-state index contributed by atoms with van der Waals surface area (Å²) in [6, 6.07) is 0. The number of carbonyl (C=O) groups is 2. The monoisotopic (exact) mass is 258 g/mol. The van der Waals surface area contributed by atoms with Gasteiger partial charge in [0.1, 0.15) is 39.2 Å². The van der Waals surface area contributed by atoms with Crippen molar-refractivity contribution in [2.45, 2.75) is 12.8 Å². The van der Waals surface area contributed by atoms with Gasteiger partial charge >= 0.3 is 11.9 Å². The van der Waals surface area contributed by atoms with E-state index >= 15 is 0 Å². The van der Waals surface area contributed by atoms with E-state index in [0.717, 1.165) is 0 Å². The molecule has 1 N–H and O–H groups in total. The maximum atomic E-state index is 11.9. The fourth-order valence-corrected chi connectivity index (χ4v) is 1.53. The zero-order chi connectivity index (χ0) is 15.4. The molecule has 0 bridgehead atoms. The molecule has 0 fully saturated rings. The molecule has 0 saturated carbocycles. The molecule has 0 saturated heterocycles. The average molecular weight is 257 g/mol. The number of aliphatic carboxylic acids is 1. The molecule has 1 rings (SSSR count). The number of carbonyl (C=O) groups excluding carboxylic acids is 1. The molecule has 0 aliphatic carbocycles. The Morgan fingerprint density at radius 2 is 1.35 bits per heavy atom. The Balaban J connectivity index is 2.91. The highest BCUT2D eigenvalue weighted by Gasteiger charge is 2.17. The van der Waals surface area contributed by atoms with Gasteiger partial charge in [-0.2, -0.15) is 0 Å². The molecule has 0 atom stereocenters. The summed E-state index contributed by atoms with van der Waals surface area (Å²) in [6.45, 7) is -0.0891. The van der Waals surface area contributed by atoms with E-state index in [-0.39, 0.29) is 52.3 Å². The van der Waals surface area contributed by atoms with Crippen molar-refractivity contribution >= 4 is 78.5 Å². The standard InChI is InChI=1S/C11H7B5O4/c12-6-5(7(13)9(15)10(16)8(6)14)11(19)20-3-1-2-4(17)18/h1-3H2,(H,17,18). The fraction of sp³-hybridized carbons (Fsp3) is 0.273. The summed E-state index contributed by atoms with van der Waals surface area (Å²) in [4.78, 5) is 22.2. The fourth-order valence-electron chi connectivity index (χ4n) is 1.53. The summed E-state index contributed by atoms with van der Waals surface area (Å²) in [7, 11) is 28.1. The van der Waals surface area contributed by atoms with Crippen LogP contribution in [0.3, 0.4) is 0 Å². The number of ether oxygens (including phenoxy) is 1. The Bertz CT molecular complexity index is 529. The number of rotatable bonds is 5. The van der Waals surface area contributed by atoms with Crippen LogP contribution in [0.25, 0.3) is 0 Å². The molecular formula is C11H7B5O4. The zero-order valence-corrected chi connectivity index (χ0v) is 10.7. The van der Waals surface area contributed by atoms with Crippen molar-refractivity contribution in [1.82, 2.24) is 0 Å². The molecule has 1 aromatic carbocycles. The van der Waals surface area contributed by atoms with Gasteiger partial charge in [0.25, 0.3) is 0 Å². The first-order valence-corrected chi connectivity index (χ1v) is 5.67. The summed E-state index contributed by atoms with van der Waals surface area (Å²) in [6.07, 6.45) is 0.0467. The Morgan fingerprint density at radius 1 is 0.900 bits per heavy atom. The molecule has 90 valence electrons. The van der Waals surface area contributed by atoms with Gasteiger partial charge in [-0.15, -0.1) is 16.4 Å². The second-order valence-corrected chi connectivity index (χ2v) is 4.08. The van der Waals surface area contributed by atoms with Crippen LogP contribution in [0, 0.1) is 0 Å². The van der Waals surface area contributed by atoms with Gasteiger partial charge in [-0.3, -0.25) is 4.79 Å². The minimum atomic E-state index is -0.985. The molecule has 0 amide bonds. The lowest BCUT2D eigenvalue weighted by molar-refractivity contribution is -0.137. The van der Waals surface area contributed by atoms with Crippen molar-refractivity contribution in [3.8, 4) is 0 Å². The van der Waals surface area contributed by atoms with Gasteiger partial charge in [0.05, 0.1) is 6.61 Å². The molecule has 0 unspecified atom stereocenters. The van der Waals surface area contributed by atoms with E-state index in [1.54, 1.807) is 0 Å². The molecule has 1 aromatic rings. The molecule has 0 aromatic heterocycles. The third kappa shape index (κ3) is 3.53. The molecule has 20 heavy (non-hydrogen) atoms. The van der Waals surface area contributed by atoms with Crippen LogP contribution in [0.1, 0.15) is 23.2 Å². The van der Waals surface area contributed by atoms with Crippen LogP contribution in [0.15, 0.2) is 0 Å². The molecular weight excluding hydrogens is 250 g/mol. The van der Waals surface area contributed by atoms with E-state index in [4.69, 9.17) is 49.1 Å². The number of hydrogen-bond donors (Lipinski definition) is 1. The van der Waals surface area contributed by atoms with E-state index in [1.807, 2.05) is 0 Å². The lowest BCUT2D eigenvalue weighted by Gasteiger charge is -2.19. The van der Waals surface area contributed by atoms with E-state index in [9.17, 15) is 9.59 Å². The van der Waals surface area contributed by atoms with Crippen molar-refractivity contribution in [1.29, 1.82) is 0 Å². The first-order chi connectivity index (χ1) is 9.27. The largest absolute Gasteiger partial charge is 0.481 e. The van der Waals surface area contributed by atoms with E-state index in [1.165, 1.54) is 0 Å². The zero-order valence-electron chi connectivity index (χ0n) is 10.7. The predicted octanol–water partition coefficient (Wildman–Crippen LogP) is -4.32. The SMILES string of the molecule is [B]c1c([B])c([B])c(C(=O)OCCCC(=O)O)c([B])c1[B]. The minimum Gasteiger partial charge on any atom is -0.481 e. The number of hydrogen-bond acceptors (Lipinski definition) is 3. The first kappa shape index (κ1) is 16.5. The topological polar surface area (TPSA) is 63.6 Å². The molecule has 0 aliphatic rings. The number of esters is 1. The van der Waals surface area contributed by atoms with Gasteiger partial charge in [-0.1, -0.05) is 10.9 Å². The Labute approximate surface area is 123 Å². The summed E-state index contributed by atoms with van der Waals surface area (Å²) in [5.74, 6) is -1.81. The lowest BCUT2D eigenvalue weighted by Crippen LogP contribution is -2.57. The smallest absolute Gasteiger partial charge is 0.336 e. The summed E-state index contributed by atoms with van der Waals surface area (Å²) in [5, 5.41) is 8.46. The summed E-state index contributed by atoms with van der Waals surface area (Å²) in [5.41, 5.74) is -0.481. The van der Waals surface area contributed by atoms with Crippen molar-refractivity contribution in [2.24, 2.45) is 0 Å². The third-order valence-electron chi connectivity index (χ3n) is 2.67. The highest BCUT2D eigenvalue weighted by molar-refractivity contribution is 6.68. The average Bonchev–Trinajstić information content (AvgIpc) is 2.39. The molecule has 4 nitrogen and oxygen atoms in total. The van der Waals surface area contributed by atoms with Crippen LogP contribution in [0.5, 0.6) is 0 Å². The summed E-state index contributed by atoms with van der Waals surface area (Å²) < 4.78 is 4.88. The van der Waals surface area contributed by atoms with Gasteiger partial charge in [0.2, 0.25) is 0 Å². The first-order valence-electron chi connectivity index (χ1n) is 5.67. The maximum absolute atomic E-state index is 11.9. The Kier molecular flexibility index (Phi) is 5.60. The summed E-state index contributed by atoms with van der Waals surface area (Å²) >= 11 is 0. The number of carboxylic acid groups (broad SMARTS) is 1. The molecule has 0 aliphatic heterocycles. The third-order valence-corrected chi connectivity index (χ3v) is 2.67. The van der Waals surface area contributed by atoms with Gasteiger partial charge in [0, 0.05) is 12.0 Å². The minimum absolute atomic E-state index is 0.00225. The quantitative estimate of drug-likeness (QED) is 0.329. The normalized spacial score (nSPS) is 10.2. The van der Waals surface area contributed by atoms with Crippen molar-refractivity contribution < 1.29 is 19.4 Å². The van der Waals surface area contributed by atoms with Crippen LogP contribution >= 0.6 is 0 Å². The van der Waals surface area contributed by atoms with E-state index in [0.29, 0.717) is 0 Å². The Morgan fingerprint density at radius 3 is 1.80 bits per heavy atom. The van der Waals surface area contributed by atoms with Crippen LogP contribution in [-0.2, 0) is 9.53 Å². The molecule has 9 heteroatoms. The van der Waals surface area contributed by atoms with Crippen molar-refractivity contribution in [2.75, 3.05) is 6.61 Å². The molecule has 0 heterocycles. The van der Waals surface area contributed by atoms with Crippen LogP contribution in [0.2, 0.25) is 0 Å². The van der Waals surface area contributed by atoms with Gasteiger partial charge in [-0.05, 0) is 6.42 Å². The van der Waals surface area contributed by atoms with Crippen molar-refractivity contribution in [3.63, 3.8) is 0 Å². The highest BCUT2D eigenvalue weighted by Crippen LogP contribution is 1.96. The number of benzene rings is 1. The van der Waals surface area contributed by atoms with Crippen LogP contribution in [-0.4, -0.2) is 62.9 Å². The van der Waals surface area contributed by atoms with Crippen LogP contribution < -0.4 is 27.3 Å². The highest BCUT2D eigenvalue weighted by atomic mass is 16.5. The predicted molar refractivity (Wildman–Crippen MR) is 80.5 cm³/mol. The van der Waals surface area contributed by atoms with E-state index < -0.39 is 11.9 Å². The lowest BCUT2D eigenvalue weighted by atomic mass is 9.60. The second kappa shape index (κ2) is 6.77. The van der Waals surface area contributed by atoms with Crippen LogP contribution in [0.4, 0.5) is 0 Å².